The lowest BCUT2D eigenvalue weighted by Crippen LogP contribution is -2.30. The normalized spacial score (nSPS) is 14.2. The average Bonchev–Trinajstić information content (AvgIpc) is 3.45. The molecule has 2 aromatic carbocycles. The summed E-state index contributed by atoms with van der Waals surface area (Å²) in [5.74, 6) is -0.525. The molecule has 0 spiro atoms. The molecule has 1 aromatic heterocycles. The largest absolute Gasteiger partial charge is 0.465 e. The lowest BCUT2D eigenvalue weighted by atomic mass is 9.98. The van der Waals surface area contributed by atoms with Gasteiger partial charge >= 0.3 is 12.1 Å². The van der Waals surface area contributed by atoms with Crippen LogP contribution < -0.4 is 5.32 Å². The van der Waals surface area contributed by atoms with Gasteiger partial charge in [0.05, 0.1) is 13.2 Å². The summed E-state index contributed by atoms with van der Waals surface area (Å²) in [7, 11) is 1.28. The van der Waals surface area contributed by atoms with E-state index in [4.69, 9.17) is 4.74 Å². The molecule has 8 heteroatoms. The number of rotatable bonds is 8. The monoisotopic (exact) mass is 467 g/mol. The fourth-order valence-corrected chi connectivity index (χ4v) is 5.01. The molecule has 7 nitrogen and oxygen atoms in total. The van der Waals surface area contributed by atoms with Crippen molar-refractivity contribution in [3.05, 3.63) is 81.5 Å². The van der Waals surface area contributed by atoms with Gasteiger partial charge in [0.25, 0.3) is 0 Å². The summed E-state index contributed by atoms with van der Waals surface area (Å²) in [5.41, 5.74) is 4.57. The zero-order chi connectivity index (χ0) is 23.4. The van der Waals surface area contributed by atoms with E-state index >= 15 is 0 Å². The van der Waals surface area contributed by atoms with Crippen molar-refractivity contribution in [3.63, 3.8) is 0 Å². The summed E-state index contributed by atoms with van der Waals surface area (Å²) in [6, 6.07) is 19.3. The van der Waals surface area contributed by atoms with E-state index in [9.17, 15) is 19.8 Å². The van der Waals surface area contributed by atoms with Crippen LogP contribution in [0.3, 0.4) is 0 Å². The van der Waals surface area contributed by atoms with E-state index in [0.717, 1.165) is 33.6 Å². The molecule has 172 valence electrons. The maximum Gasteiger partial charge on any atom is 0.407 e. The Balaban J connectivity index is 1.26. The minimum absolute atomic E-state index is 0.0293. The zero-order valence-corrected chi connectivity index (χ0v) is 18.9. The fourth-order valence-electron chi connectivity index (χ4n) is 4.04. The molecule has 2 atom stereocenters. The van der Waals surface area contributed by atoms with Gasteiger partial charge in [-0.1, -0.05) is 48.5 Å². The topological polar surface area (TPSA) is 105 Å². The summed E-state index contributed by atoms with van der Waals surface area (Å²) in [6.45, 7) is 0.334. The van der Waals surface area contributed by atoms with Gasteiger partial charge in [0.1, 0.15) is 17.6 Å². The number of esters is 1. The minimum atomic E-state index is -1.17. The molecule has 0 saturated heterocycles. The molecule has 0 radical (unpaired) electrons. The van der Waals surface area contributed by atoms with Crippen molar-refractivity contribution >= 4 is 23.4 Å². The number of carbonyl (C=O) groups excluding carboxylic acids is 2. The van der Waals surface area contributed by atoms with Crippen LogP contribution in [0.4, 0.5) is 4.79 Å². The van der Waals surface area contributed by atoms with E-state index in [1.54, 1.807) is 6.07 Å². The van der Waals surface area contributed by atoms with Crippen LogP contribution >= 0.6 is 11.3 Å². The second-order valence-electron chi connectivity index (χ2n) is 7.75. The molecule has 1 aliphatic rings. The number of hydrogen-bond acceptors (Lipinski definition) is 7. The van der Waals surface area contributed by atoms with Crippen LogP contribution in [-0.2, 0) is 9.47 Å². The van der Waals surface area contributed by atoms with E-state index in [0.29, 0.717) is 9.75 Å². The van der Waals surface area contributed by atoms with Crippen molar-refractivity contribution in [1.29, 1.82) is 0 Å². The van der Waals surface area contributed by atoms with E-state index in [2.05, 4.69) is 34.3 Å². The SMILES string of the molecule is COC(=O)c1ccc(C(O)C(O)CCNC(=O)OCC2c3ccccc3-c3ccccc32)s1. The van der Waals surface area contributed by atoms with Gasteiger partial charge in [-0.05, 0) is 40.8 Å². The van der Waals surface area contributed by atoms with Crippen LogP contribution in [-0.4, -0.2) is 48.6 Å². The predicted octanol–water partition coefficient (Wildman–Crippen LogP) is 3.86. The summed E-state index contributed by atoms with van der Waals surface area (Å²) in [4.78, 5) is 24.6. The molecule has 0 bridgehead atoms. The molecule has 2 unspecified atom stereocenters. The van der Waals surface area contributed by atoms with Crippen LogP contribution in [0.25, 0.3) is 11.1 Å². The predicted molar refractivity (Wildman–Crippen MR) is 124 cm³/mol. The van der Waals surface area contributed by atoms with Gasteiger partial charge in [0.15, 0.2) is 0 Å². The molecular weight excluding hydrogens is 442 g/mol. The number of fused-ring (bicyclic) bond motifs is 3. The van der Waals surface area contributed by atoms with Gasteiger partial charge in [-0.15, -0.1) is 11.3 Å². The number of aliphatic hydroxyl groups is 2. The third-order valence-corrected chi connectivity index (χ3v) is 6.86. The number of benzene rings is 2. The third-order valence-electron chi connectivity index (χ3n) is 5.72. The molecule has 1 aliphatic carbocycles. The number of aliphatic hydroxyl groups excluding tert-OH is 2. The van der Waals surface area contributed by atoms with Gasteiger partial charge in [-0.2, -0.15) is 0 Å². The van der Waals surface area contributed by atoms with E-state index in [1.807, 2.05) is 24.3 Å². The Morgan fingerprint density at radius 3 is 2.27 bits per heavy atom. The summed E-state index contributed by atoms with van der Waals surface area (Å²) < 4.78 is 10.1. The van der Waals surface area contributed by atoms with E-state index < -0.39 is 24.3 Å². The number of carbonyl (C=O) groups is 2. The smallest absolute Gasteiger partial charge is 0.407 e. The minimum Gasteiger partial charge on any atom is -0.465 e. The molecule has 0 fully saturated rings. The van der Waals surface area contributed by atoms with Crippen molar-refractivity contribution < 1.29 is 29.3 Å². The van der Waals surface area contributed by atoms with Crippen molar-refractivity contribution in [2.24, 2.45) is 0 Å². The van der Waals surface area contributed by atoms with Crippen LogP contribution in [0.2, 0.25) is 0 Å². The maximum absolute atomic E-state index is 12.2. The number of ether oxygens (including phenoxy) is 2. The van der Waals surface area contributed by atoms with Crippen molar-refractivity contribution in [2.75, 3.05) is 20.3 Å². The number of methoxy groups -OCH3 is 1. The Bertz CT molecular complexity index is 1100. The van der Waals surface area contributed by atoms with Crippen LogP contribution in [0.15, 0.2) is 60.7 Å². The van der Waals surface area contributed by atoms with E-state index in [1.165, 1.54) is 13.2 Å². The first-order valence-electron chi connectivity index (χ1n) is 10.6. The highest BCUT2D eigenvalue weighted by Crippen LogP contribution is 2.44. The zero-order valence-electron chi connectivity index (χ0n) is 18.1. The number of alkyl carbamates (subject to hydrolysis) is 1. The Morgan fingerprint density at radius 2 is 1.64 bits per heavy atom. The van der Waals surface area contributed by atoms with Gasteiger partial charge < -0.3 is 25.0 Å². The molecule has 1 heterocycles. The van der Waals surface area contributed by atoms with E-state index in [-0.39, 0.29) is 25.5 Å². The number of thiophene rings is 1. The van der Waals surface area contributed by atoms with Crippen LogP contribution in [0.5, 0.6) is 0 Å². The molecule has 33 heavy (non-hydrogen) atoms. The van der Waals surface area contributed by atoms with Gasteiger partial charge in [0.2, 0.25) is 0 Å². The van der Waals surface area contributed by atoms with Crippen molar-refractivity contribution in [2.45, 2.75) is 24.5 Å². The van der Waals surface area contributed by atoms with Crippen molar-refractivity contribution in [1.82, 2.24) is 5.32 Å². The maximum atomic E-state index is 12.2. The number of hydrogen-bond donors (Lipinski definition) is 3. The summed E-state index contributed by atoms with van der Waals surface area (Å²) in [6.07, 6.45) is -2.74. The van der Waals surface area contributed by atoms with Gasteiger partial charge in [0, 0.05) is 17.3 Å². The van der Waals surface area contributed by atoms with Crippen LogP contribution in [0.1, 0.15) is 44.1 Å². The fraction of sp³-hybridized carbons (Fsp3) is 0.280. The molecule has 1 amide bonds. The average molecular weight is 468 g/mol. The first-order valence-corrected chi connectivity index (χ1v) is 11.4. The Labute approximate surface area is 195 Å². The van der Waals surface area contributed by atoms with Crippen LogP contribution in [0, 0.1) is 0 Å². The molecule has 4 rings (SSSR count). The lowest BCUT2D eigenvalue weighted by molar-refractivity contribution is 0.0158. The summed E-state index contributed by atoms with van der Waals surface area (Å²) >= 11 is 1.06. The van der Waals surface area contributed by atoms with Crippen molar-refractivity contribution in [3.8, 4) is 11.1 Å². The number of amides is 1. The molecular formula is C25H25NO6S. The highest BCUT2D eigenvalue weighted by molar-refractivity contribution is 7.14. The quantitative estimate of drug-likeness (QED) is 0.435. The molecule has 0 saturated carbocycles. The first kappa shape index (κ1) is 23.0. The second-order valence-corrected chi connectivity index (χ2v) is 8.86. The molecule has 3 aromatic rings. The summed E-state index contributed by atoms with van der Waals surface area (Å²) in [5, 5.41) is 23.2. The lowest BCUT2D eigenvalue weighted by Gasteiger charge is -2.17. The molecule has 0 aliphatic heterocycles. The third kappa shape index (κ3) is 4.93. The Kier molecular flexibility index (Phi) is 7.08. The molecule has 3 N–H and O–H groups in total. The Hall–Kier alpha value is -3.20. The van der Waals surface area contributed by atoms with Gasteiger partial charge in [-0.25, -0.2) is 9.59 Å². The number of nitrogens with one attached hydrogen (secondary N) is 1. The Morgan fingerprint density at radius 1 is 1.00 bits per heavy atom. The van der Waals surface area contributed by atoms with Gasteiger partial charge in [-0.3, -0.25) is 0 Å². The highest BCUT2D eigenvalue weighted by atomic mass is 32.1. The first-order chi connectivity index (χ1) is 16.0. The standard InChI is InChI=1S/C25H25NO6S/c1-31-24(29)22-11-10-21(33-22)23(28)20(27)12-13-26-25(30)32-14-19-17-8-4-2-6-15(17)16-7-3-5-9-18(16)19/h2-11,19-20,23,27-28H,12-14H2,1H3,(H,26,30). The highest BCUT2D eigenvalue weighted by Gasteiger charge is 2.29. The second kappa shape index (κ2) is 10.2.